The summed E-state index contributed by atoms with van der Waals surface area (Å²) in [6, 6.07) is 26.6. The fourth-order valence-electron chi connectivity index (χ4n) is 6.09. The molecular formula is C37H28N6S5. The normalized spacial score (nSPS) is 11.9. The Balaban J connectivity index is 1.17. The van der Waals surface area contributed by atoms with Gasteiger partial charge in [-0.05, 0) is 73.5 Å². The Morgan fingerprint density at radius 1 is 0.542 bits per heavy atom. The Kier molecular flexibility index (Phi) is 7.10. The number of anilines is 2. The van der Waals surface area contributed by atoms with E-state index in [1.807, 2.05) is 43.6 Å². The first-order valence-corrected chi connectivity index (χ1v) is 19.4. The van der Waals surface area contributed by atoms with Gasteiger partial charge in [-0.3, -0.25) is 0 Å². The van der Waals surface area contributed by atoms with Gasteiger partial charge < -0.3 is 10.2 Å². The Bertz CT molecular complexity index is 2590. The molecule has 0 atom stereocenters. The Morgan fingerprint density at radius 3 is 1.40 bits per heavy atom. The zero-order valence-corrected chi connectivity index (χ0v) is 30.8. The average molecular weight is 717 g/mol. The summed E-state index contributed by atoms with van der Waals surface area (Å²) in [7, 11) is 6.08. The van der Waals surface area contributed by atoms with Gasteiger partial charge in [0.1, 0.15) is 22.1 Å². The van der Waals surface area contributed by atoms with E-state index in [0.29, 0.717) is 0 Å². The topological polar surface area (TPSA) is 66.8 Å². The molecule has 6 heterocycles. The summed E-state index contributed by atoms with van der Waals surface area (Å²) >= 11 is 8.51. The molecule has 0 amide bonds. The van der Waals surface area contributed by atoms with E-state index in [0.717, 1.165) is 60.0 Å². The molecule has 236 valence electrons. The van der Waals surface area contributed by atoms with Crippen molar-refractivity contribution in [3.05, 3.63) is 84.2 Å². The van der Waals surface area contributed by atoms with Crippen molar-refractivity contribution in [3.63, 3.8) is 0 Å². The summed E-state index contributed by atoms with van der Waals surface area (Å²) in [5.74, 6) is 0. The van der Waals surface area contributed by atoms with Gasteiger partial charge in [0.2, 0.25) is 0 Å². The maximum absolute atomic E-state index is 5.20. The van der Waals surface area contributed by atoms with Gasteiger partial charge >= 0.3 is 0 Å². The van der Waals surface area contributed by atoms with Crippen molar-refractivity contribution in [3.8, 4) is 41.8 Å². The van der Waals surface area contributed by atoms with Crippen LogP contribution in [0.2, 0.25) is 0 Å². The summed E-state index contributed by atoms with van der Waals surface area (Å²) in [4.78, 5) is 17.4. The molecule has 0 aliphatic rings. The summed E-state index contributed by atoms with van der Waals surface area (Å²) in [5, 5.41) is 3.20. The second-order valence-electron chi connectivity index (χ2n) is 12.0. The Labute approximate surface area is 297 Å². The molecule has 3 aromatic carbocycles. The fraction of sp³-hybridized carbons (Fsp3) is 0.135. The van der Waals surface area contributed by atoms with Gasteiger partial charge in [0, 0.05) is 82.0 Å². The highest BCUT2D eigenvalue weighted by atomic mass is 32.1. The van der Waals surface area contributed by atoms with E-state index < -0.39 is 0 Å². The minimum Gasteiger partial charge on any atom is -0.388 e. The highest BCUT2D eigenvalue weighted by Crippen LogP contribution is 2.50. The highest BCUT2D eigenvalue weighted by Gasteiger charge is 2.25. The predicted molar refractivity (Wildman–Crippen MR) is 212 cm³/mol. The zero-order chi connectivity index (χ0) is 32.7. The molecule has 0 fully saturated rings. The van der Waals surface area contributed by atoms with E-state index in [1.165, 1.54) is 57.1 Å². The van der Waals surface area contributed by atoms with Crippen molar-refractivity contribution < 1.29 is 0 Å². The average Bonchev–Trinajstić information content (AvgIpc) is 3.91. The first kappa shape index (κ1) is 29.8. The van der Waals surface area contributed by atoms with Gasteiger partial charge in [0.05, 0.1) is 23.1 Å². The predicted octanol–water partition coefficient (Wildman–Crippen LogP) is 11.6. The number of rotatable bonds is 6. The molecule has 0 saturated carbocycles. The third-order valence-corrected chi connectivity index (χ3v) is 14.0. The lowest BCUT2D eigenvalue weighted by molar-refractivity contribution is 1.10. The van der Waals surface area contributed by atoms with Crippen LogP contribution in [0.4, 0.5) is 11.4 Å². The monoisotopic (exact) mass is 716 g/mol. The van der Waals surface area contributed by atoms with Crippen LogP contribution in [0, 0.1) is 13.8 Å². The molecule has 0 radical (unpaired) electrons. The SMILES string of the molecule is CNc1ccc(-c2cc3sc(-c4c5nsnc5c(-c5cc6sc(-c7ccc(N(C)C)cc7)cc6s5)c5nc(C)c(C)nc45)cc3s2)cc1. The fourth-order valence-corrected chi connectivity index (χ4v) is 11.5. The van der Waals surface area contributed by atoms with Gasteiger partial charge in [0.25, 0.3) is 0 Å². The number of hydrogen-bond donors (Lipinski definition) is 1. The van der Waals surface area contributed by atoms with E-state index in [-0.39, 0.29) is 0 Å². The van der Waals surface area contributed by atoms with Gasteiger partial charge in [0.15, 0.2) is 0 Å². The second kappa shape index (κ2) is 11.4. The maximum Gasteiger partial charge on any atom is 0.116 e. The van der Waals surface area contributed by atoms with Gasteiger partial charge in [-0.2, -0.15) is 8.75 Å². The molecule has 0 aliphatic carbocycles. The lowest BCUT2D eigenvalue weighted by Crippen LogP contribution is -2.07. The molecule has 0 saturated heterocycles. The number of aromatic nitrogens is 4. The van der Waals surface area contributed by atoms with Crippen LogP contribution in [0.25, 0.3) is 82.6 Å². The molecule has 48 heavy (non-hydrogen) atoms. The maximum atomic E-state index is 5.20. The van der Waals surface area contributed by atoms with Crippen LogP contribution in [0.5, 0.6) is 0 Å². The first-order valence-electron chi connectivity index (χ1n) is 15.4. The summed E-state index contributed by atoms with van der Waals surface area (Å²) in [6.07, 6.45) is 0. The molecule has 9 rings (SSSR count). The number of hydrogen-bond acceptors (Lipinski definition) is 11. The molecule has 6 nitrogen and oxygen atoms in total. The first-order chi connectivity index (χ1) is 23.3. The zero-order valence-electron chi connectivity index (χ0n) is 26.7. The molecule has 9 aromatic rings. The van der Waals surface area contributed by atoms with Crippen LogP contribution in [0.1, 0.15) is 11.4 Å². The van der Waals surface area contributed by atoms with Crippen LogP contribution >= 0.6 is 57.1 Å². The van der Waals surface area contributed by atoms with Crippen molar-refractivity contribution >= 4 is 109 Å². The van der Waals surface area contributed by atoms with Gasteiger partial charge in [-0.25, -0.2) is 9.97 Å². The minimum absolute atomic E-state index is 0.892. The van der Waals surface area contributed by atoms with Crippen molar-refractivity contribution in [1.29, 1.82) is 0 Å². The molecule has 0 unspecified atom stereocenters. The van der Waals surface area contributed by atoms with Crippen molar-refractivity contribution in [2.24, 2.45) is 0 Å². The van der Waals surface area contributed by atoms with Gasteiger partial charge in [-0.1, -0.05) is 24.3 Å². The standard InChI is InChI=1S/C37H28N6S5/c1-18-19(2)40-35-33(31-17-29-27(47-31)15-25(45-29)21-8-12-23(13-9-21)43(4)5)37-36(41-48-42-37)32(34(35)39-18)30-16-28-26(46-30)14-24(44-28)20-6-10-22(38-3)11-7-20/h6-17,38H,1-5H3. The van der Waals surface area contributed by atoms with E-state index in [4.69, 9.17) is 18.7 Å². The summed E-state index contributed by atoms with van der Waals surface area (Å²) in [6.45, 7) is 4.09. The third-order valence-electron chi connectivity index (χ3n) is 8.78. The lowest BCUT2D eigenvalue weighted by Gasteiger charge is -2.12. The molecule has 1 N–H and O–H groups in total. The smallest absolute Gasteiger partial charge is 0.116 e. The van der Waals surface area contributed by atoms with E-state index in [1.54, 1.807) is 22.7 Å². The number of thiophene rings is 4. The Morgan fingerprint density at radius 2 is 0.958 bits per heavy atom. The molecule has 0 aliphatic heterocycles. The molecule has 11 heteroatoms. The molecule has 0 spiro atoms. The summed E-state index contributed by atoms with van der Waals surface area (Å²) in [5.41, 5.74) is 12.3. The van der Waals surface area contributed by atoms with E-state index in [9.17, 15) is 0 Å². The van der Waals surface area contributed by atoms with Crippen molar-refractivity contribution in [2.75, 3.05) is 31.4 Å². The van der Waals surface area contributed by atoms with Crippen LogP contribution in [0.3, 0.4) is 0 Å². The van der Waals surface area contributed by atoms with Crippen molar-refractivity contribution in [1.82, 2.24) is 18.7 Å². The van der Waals surface area contributed by atoms with Crippen LogP contribution < -0.4 is 10.2 Å². The minimum atomic E-state index is 0.892. The van der Waals surface area contributed by atoms with Crippen LogP contribution in [-0.2, 0) is 0 Å². The number of nitrogens with one attached hydrogen (secondary N) is 1. The quantitative estimate of drug-likeness (QED) is 0.185. The van der Waals surface area contributed by atoms with Crippen LogP contribution in [-0.4, -0.2) is 39.9 Å². The number of nitrogens with zero attached hydrogens (tertiary/aromatic N) is 5. The van der Waals surface area contributed by atoms with Gasteiger partial charge in [-0.15, -0.1) is 45.3 Å². The largest absolute Gasteiger partial charge is 0.388 e. The Hall–Kier alpha value is -4.26. The second-order valence-corrected chi connectivity index (χ2v) is 16.8. The van der Waals surface area contributed by atoms with Crippen molar-refractivity contribution in [2.45, 2.75) is 13.8 Å². The molecular weight excluding hydrogens is 689 g/mol. The number of aryl methyl sites for hydroxylation is 2. The summed E-state index contributed by atoms with van der Waals surface area (Å²) < 4.78 is 14.9. The van der Waals surface area contributed by atoms with E-state index >= 15 is 0 Å². The molecule has 0 bridgehead atoms. The van der Waals surface area contributed by atoms with Crippen LogP contribution in [0.15, 0.2) is 72.8 Å². The third kappa shape index (κ3) is 4.83. The number of fused-ring (bicyclic) bond motifs is 4. The highest BCUT2D eigenvalue weighted by molar-refractivity contribution is 7.31. The molecule has 6 aromatic heterocycles. The van der Waals surface area contributed by atoms with E-state index in [2.05, 4.69) is 97.1 Å². The lowest BCUT2D eigenvalue weighted by atomic mass is 10.0. The number of benzene rings is 3.